The van der Waals surface area contributed by atoms with Crippen molar-refractivity contribution in [3.05, 3.63) is 57.8 Å². The zero-order valence-corrected chi connectivity index (χ0v) is 12.9. The van der Waals surface area contributed by atoms with Crippen molar-refractivity contribution < 1.29 is 9.13 Å². The van der Waals surface area contributed by atoms with Crippen molar-refractivity contribution in [3.63, 3.8) is 0 Å². The maximum Gasteiger partial charge on any atom is 0.165 e. The van der Waals surface area contributed by atoms with E-state index in [0.717, 1.165) is 20.9 Å². The van der Waals surface area contributed by atoms with Crippen molar-refractivity contribution in [1.29, 1.82) is 0 Å². The summed E-state index contributed by atoms with van der Waals surface area (Å²) in [5.41, 5.74) is 2.08. The fourth-order valence-electron chi connectivity index (χ4n) is 1.52. The average molecular weight is 374 g/mol. The number of ether oxygens (including phenoxy) is 1. The van der Waals surface area contributed by atoms with Crippen LogP contribution in [0.2, 0.25) is 0 Å². The zero-order valence-electron chi connectivity index (χ0n) is 9.71. The normalized spacial score (nSPS) is 10.4. The lowest BCUT2D eigenvalue weighted by molar-refractivity contribution is 0.439. The highest BCUT2D eigenvalue weighted by Crippen LogP contribution is 2.32. The minimum atomic E-state index is -0.364. The Morgan fingerprint density at radius 2 is 1.89 bits per heavy atom. The van der Waals surface area contributed by atoms with Gasteiger partial charge in [-0.05, 0) is 58.2 Å². The Morgan fingerprint density at radius 1 is 1.11 bits per heavy atom. The number of alkyl halides is 1. The van der Waals surface area contributed by atoms with Gasteiger partial charge in [-0.15, -0.1) is 0 Å². The molecule has 2 aromatic carbocycles. The Morgan fingerprint density at radius 3 is 2.56 bits per heavy atom. The first-order valence-corrected chi connectivity index (χ1v) is 7.30. The summed E-state index contributed by atoms with van der Waals surface area (Å²) >= 11 is 6.80. The highest BCUT2D eigenvalue weighted by Gasteiger charge is 2.08. The lowest BCUT2D eigenvalue weighted by atomic mass is 10.2. The molecule has 0 radical (unpaired) electrons. The van der Waals surface area contributed by atoms with Crippen LogP contribution in [0.3, 0.4) is 0 Å². The molecule has 0 saturated carbocycles. The van der Waals surface area contributed by atoms with Crippen LogP contribution in [0.4, 0.5) is 4.39 Å². The molecule has 0 bridgehead atoms. The average Bonchev–Trinajstić information content (AvgIpc) is 2.36. The Bertz CT molecular complexity index is 570. The van der Waals surface area contributed by atoms with Gasteiger partial charge in [0.2, 0.25) is 0 Å². The third kappa shape index (κ3) is 3.12. The van der Waals surface area contributed by atoms with Crippen LogP contribution < -0.4 is 4.74 Å². The van der Waals surface area contributed by atoms with E-state index < -0.39 is 0 Å². The standard InChI is InChI=1S/C14H11Br2FO/c1-9-2-4-12(17)14(6-9)18-13-5-3-10(8-15)7-11(13)16/h2-7H,8H2,1H3. The monoisotopic (exact) mass is 372 g/mol. The van der Waals surface area contributed by atoms with Gasteiger partial charge in [0.15, 0.2) is 11.6 Å². The van der Waals surface area contributed by atoms with Gasteiger partial charge in [-0.2, -0.15) is 0 Å². The van der Waals surface area contributed by atoms with Gasteiger partial charge in [0.05, 0.1) is 4.47 Å². The summed E-state index contributed by atoms with van der Waals surface area (Å²) in [5.74, 6) is 0.476. The second-order valence-corrected chi connectivity index (χ2v) is 5.35. The van der Waals surface area contributed by atoms with E-state index in [9.17, 15) is 4.39 Å². The number of aryl methyl sites for hydroxylation is 1. The van der Waals surface area contributed by atoms with Crippen LogP contribution in [0, 0.1) is 12.7 Å². The number of halogens is 3. The van der Waals surface area contributed by atoms with E-state index in [4.69, 9.17) is 4.74 Å². The first-order chi connectivity index (χ1) is 8.60. The maximum absolute atomic E-state index is 13.6. The van der Waals surface area contributed by atoms with Gasteiger partial charge in [-0.25, -0.2) is 4.39 Å². The Kier molecular flexibility index (Phi) is 4.40. The van der Waals surface area contributed by atoms with Crippen LogP contribution in [0.15, 0.2) is 40.9 Å². The summed E-state index contributed by atoms with van der Waals surface area (Å²) in [5, 5.41) is 0.769. The molecule has 0 spiro atoms. The molecule has 2 aromatic rings. The highest BCUT2D eigenvalue weighted by molar-refractivity contribution is 9.10. The molecule has 0 heterocycles. The van der Waals surface area contributed by atoms with E-state index in [-0.39, 0.29) is 11.6 Å². The smallest absolute Gasteiger partial charge is 0.165 e. The third-order valence-corrected chi connectivity index (χ3v) is 3.72. The van der Waals surface area contributed by atoms with E-state index in [2.05, 4.69) is 31.9 Å². The largest absolute Gasteiger partial charge is 0.453 e. The highest BCUT2D eigenvalue weighted by atomic mass is 79.9. The Hall–Kier alpha value is -0.870. The molecule has 0 atom stereocenters. The summed E-state index contributed by atoms with van der Waals surface area (Å²) in [6, 6.07) is 10.5. The maximum atomic E-state index is 13.6. The molecule has 1 nitrogen and oxygen atoms in total. The van der Waals surface area contributed by atoms with Crippen LogP contribution in [0.25, 0.3) is 0 Å². The summed E-state index contributed by atoms with van der Waals surface area (Å²) in [6.07, 6.45) is 0. The second-order valence-electron chi connectivity index (χ2n) is 3.93. The number of rotatable bonds is 3. The van der Waals surface area contributed by atoms with Crippen molar-refractivity contribution in [2.75, 3.05) is 0 Å². The fraction of sp³-hybridized carbons (Fsp3) is 0.143. The molecule has 0 amide bonds. The quantitative estimate of drug-likeness (QED) is 0.637. The summed E-state index contributed by atoms with van der Waals surface area (Å²) in [6.45, 7) is 1.90. The van der Waals surface area contributed by atoms with E-state index >= 15 is 0 Å². The lowest BCUT2D eigenvalue weighted by Gasteiger charge is -2.10. The molecule has 0 fully saturated rings. The van der Waals surface area contributed by atoms with E-state index in [0.29, 0.717) is 5.75 Å². The lowest BCUT2D eigenvalue weighted by Crippen LogP contribution is -1.91. The van der Waals surface area contributed by atoms with Crippen LogP contribution in [0.5, 0.6) is 11.5 Å². The van der Waals surface area contributed by atoms with Gasteiger partial charge in [0.1, 0.15) is 5.75 Å². The fourth-order valence-corrected chi connectivity index (χ4v) is 2.37. The van der Waals surface area contributed by atoms with Crippen LogP contribution >= 0.6 is 31.9 Å². The van der Waals surface area contributed by atoms with Gasteiger partial charge >= 0.3 is 0 Å². The predicted octanol–water partition coefficient (Wildman–Crippen LogP) is 5.58. The van der Waals surface area contributed by atoms with Gasteiger partial charge in [0, 0.05) is 5.33 Å². The first-order valence-electron chi connectivity index (χ1n) is 5.38. The number of hydrogen-bond acceptors (Lipinski definition) is 1. The minimum Gasteiger partial charge on any atom is -0.453 e. The first kappa shape index (κ1) is 13.6. The molecule has 94 valence electrons. The molecule has 2 rings (SSSR count). The summed E-state index contributed by atoms with van der Waals surface area (Å²) < 4.78 is 20.0. The molecule has 0 aliphatic rings. The molecule has 18 heavy (non-hydrogen) atoms. The molecule has 0 aliphatic heterocycles. The van der Waals surface area contributed by atoms with Crippen molar-refractivity contribution in [2.45, 2.75) is 12.3 Å². The third-order valence-electron chi connectivity index (χ3n) is 2.46. The molecule has 0 saturated heterocycles. The molecular weight excluding hydrogens is 363 g/mol. The number of benzene rings is 2. The van der Waals surface area contributed by atoms with Gasteiger partial charge in [-0.1, -0.05) is 28.1 Å². The summed E-state index contributed by atoms with van der Waals surface area (Å²) in [4.78, 5) is 0. The van der Waals surface area contributed by atoms with Gasteiger partial charge < -0.3 is 4.74 Å². The second kappa shape index (κ2) is 5.85. The zero-order chi connectivity index (χ0) is 13.1. The molecule has 0 unspecified atom stereocenters. The van der Waals surface area contributed by atoms with Crippen molar-refractivity contribution in [1.82, 2.24) is 0 Å². The van der Waals surface area contributed by atoms with Crippen molar-refractivity contribution in [2.24, 2.45) is 0 Å². The Labute approximate surface area is 122 Å². The van der Waals surface area contributed by atoms with Gasteiger partial charge in [0.25, 0.3) is 0 Å². The van der Waals surface area contributed by atoms with Gasteiger partial charge in [-0.3, -0.25) is 0 Å². The van der Waals surface area contributed by atoms with E-state index in [1.54, 1.807) is 12.1 Å². The topological polar surface area (TPSA) is 9.23 Å². The minimum absolute atomic E-state index is 0.238. The molecule has 0 aliphatic carbocycles. The summed E-state index contributed by atoms with van der Waals surface area (Å²) in [7, 11) is 0. The molecule has 0 N–H and O–H groups in total. The van der Waals surface area contributed by atoms with Crippen LogP contribution in [-0.2, 0) is 5.33 Å². The molecular formula is C14H11Br2FO. The van der Waals surface area contributed by atoms with E-state index in [1.807, 2.05) is 25.1 Å². The molecule has 0 aromatic heterocycles. The predicted molar refractivity (Wildman–Crippen MR) is 78.0 cm³/mol. The Balaban J connectivity index is 2.31. The van der Waals surface area contributed by atoms with E-state index in [1.165, 1.54) is 6.07 Å². The van der Waals surface area contributed by atoms with Crippen molar-refractivity contribution in [3.8, 4) is 11.5 Å². The molecule has 4 heteroatoms. The number of hydrogen-bond donors (Lipinski definition) is 0. The van der Waals surface area contributed by atoms with Crippen LogP contribution in [0.1, 0.15) is 11.1 Å². The van der Waals surface area contributed by atoms with Crippen LogP contribution in [-0.4, -0.2) is 0 Å². The van der Waals surface area contributed by atoms with Crippen molar-refractivity contribution >= 4 is 31.9 Å². The SMILES string of the molecule is Cc1ccc(F)c(Oc2ccc(CBr)cc2Br)c1.